The summed E-state index contributed by atoms with van der Waals surface area (Å²) in [5, 5.41) is 28.5. The van der Waals surface area contributed by atoms with Gasteiger partial charge in [0.1, 0.15) is 43.7 Å². The summed E-state index contributed by atoms with van der Waals surface area (Å²) in [7, 11) is 0.649. The maximum absolute atomic E-state index is 11.4. The number of aliphatic hydroxyl groups excluding tert-OH is 2. The van der Waals surface area contributed by atoms with E-state index in [1.54, 1.807) is 32.0 Å². The fourth-order valence-electron chi connectivity index (χ4n) is 3.47. The number of rotatable bonds is 14. The van der Waals surface area contributed by atoms with Crippen LogP contribution in [-0.4, -0.2) is 59.8 Å². The maximum Gasteiger partial charge on any atom is 0.569 e. The first-order valence-corrected chi connectivity index (χ1v) is 14.2. The summed E-state index contributed by atoms with van der Waals surface area (Å²) in [5.41, 5.74) is 8.02. The molecule has 0 aliphatic carbocycles. The van der Waals surface area contributed by atoms with Gasteiger partial charge in [0.15, 0.2) is 11.6 Å². The van der Waals surface area contributed by atoms with Crippen LogP contribution in [-0.2, 0) is 22.8 Å². The second-order valence-electron chi connectivity index (χ2n) is 9.68. The molecule has 12 heteroatoms. The van der Waals surface area contributed by atoms with E-state index in [1.165, 1.54) is 0 Å². The summed E-state index contributed by atoms with van der Waals surface area (Å²) in [5.74, 6) is 1.41. The van der Waals surface area contributed by atoms with Crippen LogP contribution < -0.4 is 25.2 Å². The molecular formula is C34H41BClN2O8. The van der Waals surface area contributed by atoms with Crippen LogP contribution in [0.5, 0.6) is 17.2 Å². The van der Waals surface area contributed by atoms with E-state index >= 15 is 0 Å². The Hall–Kier alpha value is -4.39. The number of anilines is 1. The number of Topliss-reactive ketones (excluding diaryl/α,β-unsaturated/α-hetero) is 2. The van der Waals surface area contributed by atoms with Gasteiger partial charge in [-0.05, 0) is 49.2 Å². The summed E-state index contributed by atoms with van der Waals surface area (Å²) in [6, 6.07) is 33.4. The normalized spacial score (nSPS) is 11.0. The second-order valence-corrected chi connectivity index (χ2v) is 9.68. The molecule has 4 aromatic carbocycles. The Labute approximate surface area is 276 Å². The maximum atomic E-state index is 11.4. The zero-order valence-corrected chi connectivity index (χ0v) is 26.6. The Bertz CT molecular complexity index is 1410. The number of hydrogen-bond acceptors (Lipinski definition) is 10. The summed E-state index contributed by atoms with van der Waals surface area (Å²) < 4.78 is 16.2. The van der Waals surface area contributed by atoms with Gasteiger partial charge >= 0.3 is 7.69 Å². The van der Waals surface area contributed by atoms with Gasteiger partial charge in [-0.1, -0.05) is 72.8 Å². The van der Waals surface area contributed by atoms with E-state index in [0.717, 1.165) is 22.6 Å². The van der Waals surface area contributed by atoms with Crippen LogP contribution in [0, 0.1) is 0 Å². The molecule has 2 atom stereocenters. The van der Waals surface area contributed by atoms with E-state index < -0.39 is 25.3 Å². The zero-order valence-electron chi connectivity index (χ0n) is 25.8. The van der Waals surface area contributed by atoms with Crippen LogP contribution >= 0.6 is 12.4 Å². The number of carbonyl (C=O) groups is 2. The molecule has 0 bridgehead atoms. The minimum absolute atomic E-state index is 0. The lowest BCUT2D eigenvalue weighted by Gasteiger charge is -2.14. The predicted molar refractivity (Wildman–Crippen MR) is 181 cm³/mol. The van der Waals surface area contributed by atoms with Crippen molar-refractivity contribution in [1.29, 1.82) is 0 Å². The molecule has 0 spiro atoms. The topological polar surface area (TPSA) is 161 Å². The first-order chi connectivity index (χ1) is 21.7. The molecule has 245 valence electrons. The Morgan fingerprint density at radius 2 is 1.20 bits per heavy atom. The van der Waals surface area contributed by atoms with Gasteiger partial charge in [0.05, 0.1) is 12.1 Å². The Morgan fingerprint density at radius 3 is 1.65 bits per heavy atom. The number of nitrogens with one attached hydrogen (secondary N) is 1. The molecule has 6 N–H and O–H groups in total. The van der Waals surface area contributed by atoms with Crippen LogP contribution in [0.15, 0.2) is 109 Å². The molecule has 0 aliphatic rings. The third kappa shape index (κ3) is 16.1. The standard InChI is InChI=1S/C17H19NO3.C13H12BO3.C4H9NO2.ClH/c1-13(17(20)11-19)18-15-8-5-9-16(10-15)21-12-14-6-3-2-4-7-14;15-14-17-13-8-4-7-12(9-13)16-10-11-5-2-1-3-6-11;1-3(5)4(7)2-6;/h2-10,13,18-19H,11-12H2,1H3;1-9,15H,10H2;3,6H,2,5H2,1H3;1H/t13-;;3-;/m0.0./s1. The molecule has 0 unspecified atom stereocenters. The molecular weight excluding hydrogens is 611 g/mol. The molecule has 1 radical (unpaired) electrons. The number of aliphatic hydroxyl groups is 2. The van der Waals surface area contributed by atoms with E-state index in [9.17, 15) is 9.59 Å². The molecule has 46 heavy (non-hydrogen) atoms. The average molecular weight is 652 g/mol. The Balaban J connectivity index is 0.000000381. The van der Waals surface area contributed by atoms with Gasteiger partial charge in [0, 0.05) is 17.8 Å². The summed E-state index contributed by atoms with van der Waals surface area (Å²) in [6.07, 6.45) is 0. The lowest BCUT2D eigenvalue weighted by molar-refractivity contribution is -0.123. The molecule has 0 heterocycles. The SMILES string of the molecule is C[C@H](N)C(=O)CO.C[C@H](Nc1cccc(OCc2ccccc2)c1)C(=O)CO.Cl.O[B]Oc1cccc(OCc2ccccc2)c1. The molecule has 0 amide bonds. The molecule has 4 aromatic rings. The van der Waals surface area contributed by atoms with E-state index in [-0.39, 0.29) is 24.0 Å². The van der Waals surface area contributed by atoms with Crippen LogP contribution in [0.3, 0.4) is 0 Å². The quantitative estimate of drug-likeness (QED) is 0.126. The van der Waals surface area contributed by atoms with E-state index in [4.69, 9.17) is 35.1 Å². The van der Waals surface area contributed by atoms with Crippen molar-refractivity contribution >= 4 is 37.3 Å². The molecule has 0 saturated heterocycles. The fourth-order valence-corrected chi connectivity index (χ4v) is 3.47. The van der Waals surface area contributed by atoms with Gasteiger partial charge in [-0.2, -0.15) is 0 Å². The average Bonchev–Trinajstić information content (AvgIpc) is 3.07. The monoisotopic (exact) mass is 651 g/mol. The van der Waals surface area contributed by atoms with Crippen molar-refractivity contribution in [2.45, 2.75) is 39.1 Å². The highest BCUT2D eigenvalue weighted by Crippen LogP contribution is 2.21. The molecule has 0 fully saturated rings. The highest BCUT2D eigenvalue weighted by atomic mass is 35.5. The summed E-state index contributed by atoms with van der Waals surface area (Å²) >= 11 is 0. The van der Waals surface area contributed by atoms with Crippen molar-refractivity contribution in [3.8, 4) is 17.2 Å². The van der Waals surface area contributed by atoms with Crippen LogP contribution in [0.4, 0.5) is 5.69 Å². The molecule has 4 rings (SSSR count). The van der Waals surface area contributed by atoms with Crippen LogP contribution in [0.1, 0.15) is 25.0 Å². The number of halogens is 1. The molecule has 0 aromatic heterocycles. The first kappa shape index (κ1) is 39.6. The number of hydrogen-bond donors (Lipinski definition) is 5. The number of carbonyl (C=O) groups excluding carboxylic acids is 2. The van der Waals surface area contributed by atoms with Crippen molar-refractivity contribution in [3.63, 3.8) is 0 Å². The van der Waals surface area contributed by atoms with Crippen molar-refractivity contribution in [1.82, 2.24) is 0 Å². The van der Waals surface area contributed by atoms with Gasteiger partial charge < -0.3 is 40.4 Å². The van der Waals surface area contributed by atoms with Crippen LogP contribution in [0.25, 0.3) is 0 Å². The van der Waals surface area contributed by atoms with Gasteiger partial charge in [-0.25, -0.2) is 0 Å². The highest BCUT2D eigenvalue weighted by molar-refractivity contribution is 6.17. The number of ether oxygens (including phenoxy) is 2. The minimum Gasteiger partial charge on any atom is -0.537 e. The van der Waals surface area contributed by atoms with E-state index in [1.807, 2.05) is 91.0 Å². The van der Waals surface area contributed by atoms with Gasteiger partial charge in [-0.15, -0.1) is 12.4 Å². The Morgan fingerprint density at radius 1 is 0.717 bits per heavy atom. The first-order valence-electron chi connectivity index (χ1n) is 14.2. The fraction of sp³-hybridized carbons (Fsp3) is 0.235. The molecule has 10 nitrogen and oxygen atoms in total. The van der Waals surface area contributed by atoms with Crippen molar-refractivity contribution < 1.29 is 39.0 Å². The van der Waals surface area contributed by atoms with Crippen molar-refractivity contribution in [3.05, 3.63) is 120 Å². The third-order valence-electron chi connectivity index (χ3n) is 6.01. The lowest BCUT2D eigenvalue weighted by atomic mass is 10.2. The van der Waals surface area contributed by atoms with Crippen LogP contribution in [0.2, 0.25) is 0 Å². The van der Waals surface area contributed by atoms with Gasteiger partial charge in [0.2, 0.25) is 0 Å². The Kier molecular flexibility index (Phi) is 19.8. The third-order valence-corrected chi connectivity index (χ3v) is 6.01. The summed E-state index contributed by atoms with van der Waals surface area (Å²) in [4.78, 5) is 21.5. The number of benzene rings is 4. The number of ketones is 2. The van der Waals surface area contributed by atoms with Gasteiger partial charge in [-0.3, -0.25) is 9.59 Å². The summed E-state index contributed by atoms with van der Waals surface area (Å²) in [6.45, 7) is 3.35. The van der Waals surface area contributed by atoms with Gasteiger partial charge in [0.25, 0.3) is 0 Å². The minimum atomic E-state index is -0.523. The largest absolute Gasteiger partial charge is 0.569 e. The second kappa shape index (κ2) is 23.0. The highest BCUT2D eigenvalue weighted by Gasteiger charge is 2.11. The lowest BCUT2D eigenvalue weighted by Crippen LogP contribution is -2.28. The molecule has 0 saturated carbocycles. The zero-order chi connectivity index (χ0) is 32.9. The predicted octanol–water partition coefficient (Wildman–Crippen LogP) is 4.12. The van der Waals surface area contributed by atoms with E-state index in [2.05, 4.69) is 5.32 Å². The molecule has 0 aliphatic heterocycles. The van der Waals surface area contributed by atoms with E-state index in [0.29, 0.717) is 32.4 Å². The van der Waals surface area contributed by atoms with Crippen molar-refractivity contribution in [2.24, 2.45) is 5.73 Å². The smallest absolute Gasteiger partial charge is 0.537 e. The number of nitrogens with two attached hydrogens (primary N) is 1. The van der Waals surface area contributed by atoms with Crippen molar-refractivity contribution in [2.75, 3.05) is 18.5 Å².